The summed E-state index contributed by atoms with van der Waals surface area (Å²) in [6, 6.07) is 12.4. The first-order chi connectivity index (χ1) is 11.6. The predicted molar refractivity (Wildman–Crippen MR) is 84.8 cm³/mol. The molecule has 0 unspecified atom stereocenters. The number of alkyl halides is 3. The van der Waals surface area contributed by atoms with Gasteiger partial charge in [-0.3, -0.25) is 0 Å². The molecule has 1 fully saturated rings. The molecule has 0 saturated heterocycles. The molecule has 25 heavy (non-hydrogen) atoms. The third kappa shape index (κ3) is 3.18. The summed E-state index contributed by atoms with van der Waals surface area (Å²) < 4.78 is 63.3. The molecule has 1 aliphatic carbocycles. The van der Waals surface area contributed by atoms with Gasteiger partial charge < -0.3 is 9.29 Å². The fourth-order valence-corrected chi connectivity index (χ4v) is 3.52. The number of halogens is 3. The molecule has 0 heterocycles. The van der Waals surface area contributed by atoms with Gasteiger partial charge in [-0.05, 0) is 48.2 Å². The lowest BCUT2D eigenvalue weighted by Gasteiger charge is -2.43. The number of phenolic OH excluding ortho intramolecular Hbond substituents is 1. The van der Waals surface area contributed by atoms with Crippen molar-refractivity contribution in [2.45, 2.75) is 30.2 Å². The van der Waals surface area contributed by atoms with Gasteiger partial charge in [0.1, 0.15) is 11.5 Å². The SMILES string of the molecule is O=S(=O)(Oc1ccc(C2(c3ccc(O)cc3)CCC2)cc1)C(F)(F)F. The standard InChI is InChI=1S/C17H15F3O4S/c18-17(19,20)25(22,23)24-15-8-4-13(5-9-15)16(10-1-11-16)12-2-6-14(21)7-3-12/h2-9,21H,1,10-11H2. The fraction of sp³-hybridized carbons (Fsp3) is 0.294. The Kier molecular flexibility index (Phi) is 4.18. The van der Waals surface area contributed by atoms with Crippen molar-refractivity contribution in [3.8, 4) is 11.5 Å². The zero-order chi connectivity index (χ0) is 18.3. The van der Waals surface area contributed by atoms with Crippen molar-refractivity contribution >= 4 is 10.1 Å². The maximum absolute atomic E-state index is 12.4. The van der Waals surface area contributed by atoms with Crippen LogP contribution < -0.4 is 4.18 Å². The van der Waals surface area contributed by atoms with Gasteiger partial charge >= 0.3 is 15.6 Å². The highest BCUT2D eigenvalue weighted by atomic mass is 32.2. The molecule has 0 amide bonds. The quantitative estimate of drug-likeness (QED) is 0.649. The first-order valence-electron chi connectivity index (χ1n) is 7.55. The van der Waals surface area contributed by atoms with Crippen molar-refractivity contribution in [2.75, 3.05) is 0 Å². The monoisotopic (exact) mass is 372 g/mol. The Morgan fingerprint density at radius 1 is 0.920 bits per heavy atom. The van der Waals surface area contributed by atoms with E-state index in [2.05, 4.69) is 4.18 Å². The van der Waals surface area contributed by atoms with Crippen LogP contribution in [0.3, 0.4) is 0 Å². The summed E-state index contributed by atoms with van der Waals surface area (Å²) in [7, 11) is -5.68. The molecule has 0 radical (unpaired) electrons. The molecular weight excluding hydrogens is 357 g/mol. The van der Waals surface area contributed by atoms with Crippen LogP contribution in [0.5, 0.6) is 11.5 Å². The second kappa shape index (κ2) is 5.94. The number of phenols is 1. The molecule has 8 heteroatoms. The van der Waals surface area contributed by atoms with E-state index in [-0.39, 0.29) is 16.9 Å². The van der Waals surface area contributed by atoms with Crippen LogP contribution in [0.2, 0.25) is 0 Å². The van der Waals surface area contributed by atoms with Gasteiger partial charge in [-0.1, -0.05) is 30.7 Å². The van der Waals surface area contributed by atoms with E-state index >= 15 is 0 Å². The maximum atomic E-state index is 12.4. The van der Waals surface area contributed by atoms with E-state index < -0.39 is 15.6 Å². The van der Waals surface area contributed by atoms with Crippen LogP contribution in [0.1, 0.15) is 30.4 Å². The van der Waals surface area contributed by atoms with Gasteiger partial charge in [0.2, 0.25) is 0 Å². The first kappa shape index (κ1) is 17.6. The maximum Gasteiger partial charge on any atom is 0.534 e. The van der Waals surface area contributed by atoms with Crippen LogP contribution in [0.15, 0.2) is 48.5 Å². The molecule has 0 bridgehead atoms. The van der Waals surface area contributed by atoms with E-state index in [9.17, 15) is 26.7 Å². The minimum Gasteiger partial charge on any atom is -0.508 e. The lowest BCUT2D eigenvalue weighted by molar-refractivity contribution is -0.0500. The lowest BCUT2D eigenvalue weighted by atomic mass is 9.60. The molecule has 3 rings (SSSR count). The Bertz CT molecular complexity index is 852. The van der Waals surface area contributed by atoms with Gasteiger partial charge in [-0.25, -0.2) is 0 Å². The van der Waals surface area contributed by atoms with Crippen molar-refractivity contribution in [1.29, 1.82) is 0 Å². The molecular formula is C17H15F3O4S. The molecule has 0 atom stereocenters. The molecule has 0 aliphatic heterocycles. The number of rotatable bonds is 4. The molecule has 2 aromatic rings. The normalized spacial score (nSPS) is 16.9. The fourth-order valence-electron chi connectivity index (χ4n) is 3.06. The number of benzene rings is 2. The van der Waals surface area contributed by atoms with Crippen molar-refractivity contribution < 1.29 is 30.9 Å². The van der Waals surface area contributed by atoms with Crippen molar-refractivity contribution in [3.05, 3.63) is 59.7 Å². The summed E-state index contributed by atoms with van der Waals surface area (Å²) in [5, 5.41) is 9.43. The molecule has 1 N–H and O–H groups in total. The van der Waals surface area contributed by atoms with Crippen LogP contribution in [0, 0.1) is 0 Å². The Morgan fingerprint density at radius 3 is 1.80 bits per heavy atom. The average molecular weight is 372 g/mol. The molecule has 134 valence electrons. The summed E-state index contributed by atoms with van der Waals surface area (Å²) in [4.78, 5) is 0. The second-order valence-corrected chi connectivity index (χ2v) is 7.53. The highest BCUT2D eigenvalue weighted by Gasteiger charge is 2.48. The molecule has 1 aliphatic rings. The zero-order valence-electron chi connectivity index (χ0n) is 13.0. The van der Waals surface area contributed by atoms with Gasteiger partial charge in [0.05, 0.1) is 0 Å². The third-order valence-electron chi connectivity index (χ3n) is 4.52. The largest absolute Gasteiger partial charge is 0.534 e. The van der Waals surface area contributed by atoms with E-state index in [0.29, 0.717) is 0 Å². The van der Waals surface area contributed by atoms with Gasteiger partial charge in [-0.2, -0.15) is 21.6 Å². The molecule has 0 aromatic heterocycles. The number of hydrogen-bond donors (Lipinski definition) is 1. The van der Waals surface area contributed by atoms with Gasteiger partial charge in [-0.15, -0.1) is 0 Å². The third-order valence-corrected chi connectivity index (χ3v) is 5.50. The second-order valence-electron chi connectivity index (χ2n) is 5.99. The average Bonchev–Trinajstić information content (AvgIpc) is 2.48. The molecule has 1 saturated carbocycles. The Morgan fingerprint density at radius 2 is 1.40 bits per heavy atom. The molecule has 4 nitrogen and oxygen atoms in total. The van der Waals surface area contributed by atoms with Gasteiger partial charge in [0, 0.05) is 5.41 Å². The minimum atomic E-state index is -5.68. The van der Waals surface area contributed by atoms with E-state index in [1.54, 1.807) is 24.3 Å². The van der Waals surface area contributed by atoms with Crippen LogP contribution >= 0.6 is 0 Å². The number of hydrogen-bond acceptors (Lipinski definition) is 4. The molecule has 2 aromatic carbocycles. The summed E-state index contributed by atoms with van der Waals surface area (Å²) >= 11 is 0. The topological polar surface area (TPSA) is 63.6 Å². The van der Waals surface area contributed by atoms with E-state index in [0.717, 1.165) is 30.4 Å². The zero-order valence-corrected chi connectivity index (χ0v) is 13.8. The first-order valence-corrected chi connectivity index (χ1v) is 8.96. The Hall–Kier alpha value is -2.22. The van der Waals surface area contributed by atoms with Gasteiger partial charge in [0.15, 0.2) is 0 Å². The molecule has 0 spiro atoms. The summed E-state index contributed by atoms with van der Waals surface area (Å²) in [6.45, 7) is 0. The van der Waals surface area contributed by atoms with Crippen molar-refractivity contribution in [3.63, 3.8) is 0 Å². The summed E-state index contributed by atoms with van der Waals surface area (Å²) in [6.07, 6.45) is 2.72. The van der Waals surface area contributed by atoms with Gasteiger partial charge in [0.25, 0.3) is 0 Å². The lowest BCUT2D eigenvalue weighted by Crippen LogP contribution is -2.35. The van der Waals surface area contributed by atoms with Crippen LogP contribution in [0.25, 0.3) is 0 Å². The Balaban J connectivity index is 1.88. The Labute approximate surface area is 143 Å². The van der Waals surface area contributed by atoms with Crippen LogP contribution in [-0.4, -0.2) is 19.0 Å². The van der Waals surface area contributed by atoms with Crippen molar-refractivity contribution in [2.24, 2.45) is 0 Å². The van der Waals surface area contributed by atoms with Crippen molar-refractivity contribution in [1.82, 2.24) is 0 Å². The van der Waals surface area contributed by atoms with E-state index in [1.807, 2.05) is 12.1 Å². The smallest absolute Gasteiger partial charge is 0.508 e. The number of aromatic hydroxyl groups is 1. The highest BCUT2D eigenvalue weighted by Crippen LogP contribution is 2.49. The predicted octanol–water partition coefficient (Wildman–Crippen LogP) is 4.09. The van der Waals surface area contributed by atoms with Crippen LogP contribution in [0.4, 0.5) is 13.2 Å². The minimum absolute atomic E-state index is 0.152. The van der Waals surface area contributed by atoms with E-state index in [4.69, 9.17) is 0 Å². The van der Waals surface area contributed by atoms with Crippen LogP contribution in [-0.2, 0) is 15.5 Å². The summed E-state index contributed by atoms with van der Waals surface area (Å²) in [5.74, 6) is -0.236. The highest BCUT2D eigenvalue weighted by molar-refractivity contribution is 7.88. The van der Waals surface area contributed by atoms with E-state index in [1.165, 1.54) is 12.1 Å². The summed E-state index contributed by atoms with van der Waals surface area (Å²) in [5.41, 5.74) is -3.89.